The van der Waals surface area contributed by atoms with E-state index in [2.05, 4.69) is 6.58 Å². The van der Waals surface area contributed by atoms with Gasteiger partial charge in [0.1, 0.15) is 23.4 Å². The Bertz CT molecular complexity index is 1200. The van der Waals surface area contributed by atoms with Crippen LogP contribution in [0.4, 0.5) is 4.39 Å². The fraction of sp³-hybridized carbons (Fsp3) is 0.160. The largest absolute Gasteiger partial charge is 0.494 e. The first-order chi connectivity index (χ1) is 15.5. The molecule has 0 amide bonds. The highest BCUT2D eigenvalue weighted by Gasteiger charge is 2.12. The summed E-state index contributed by atoms with van der Waals surface area (Å²) in [5.41, 5.74) is 0.190. The van der Waals surface area contributed by atoms with Crippen molar-refractivity contribution < 1.29 is 28.2 Å². The summed E-state index contributed by atoms with van der Waals surface area (Å²) >= 11 is 0. The van der Waals surface area contributed by atoms with Crippen LogP contribution in [0.3, 0.4) is 0 Å². The molecule has 0 aliphatic carbocycles. The van der Waals surface area contributed by atoms with Gasteiger partial charge in [-0.15, -0.1) is 0 Å². The Kier molecular flexibility index (Phi) is 7.55. The molecular weight excluding hydrogens is 413 g/mol. The average molecular weight is 433 g/mol. The molecule has 0 saturated heterocycles. The monoisotopic (exact) mass is 433 g/mol. The summed E-state index contributed by atoms with van der Waals surface area (Å²) < 4.78 is 29.5. The lowest BCUT2D eigenvalue weighted by Crippen LogP contribution is -2.08. The van der Waals surface area contributed by atoms with Gasteiger partial charge in [0.25, 0.3) is 0 Å². The van der Waals surface area contributed by atoms with Crippen LogP contribution in [0.1, 0.15) is 28.8 Å². The van der Waals surface area contributed by atoms with Crippen LogP contribution in [-0.2, 0) is 9.53 Å². The van der Waals surface area contributed by atoms with Crippen LogP contribution in [0, 0.1) is 17.1 Å². The van der Waals surface area contributed by atoms with Gasteiger partial charge in [-0.05, 0) is 60.0 Å². The van der Waals surface area contributed by atoms with Crippen LogP contribution >= 0.6 is 0 Å². The number of nitrogens with zero attached hydrogens (tertiary/aromatic N) is 1. The maximum Gasteiger partial charge on any atom is 0.343 e. The lowest BCUT2D eigenvalue weighted by molar-refractivity contribution is -0.137. The van der Waals surface area contributed by atoms with E-state index in [-0.39, 0.29) is 11.3 Å². The molecule has 0 spiro atoms. The van der Waals surface area contributed by atoms with E-state index in [1.165, 1.54) is 12.1 Å². The van der Waals surface area contributed by atoms with Crippen molar-refractivity contribution in [2.24, 2.45) is 0 Å². The molecule has 0 bridgehead atoms. The zero-order chi connectivity index (χ0) is 22.9. The number of esters is 2. The second kappa shape index (κ2) is 10.7. The molecule has 0 radical (unpaired) electrons. The summed E-state index contributed by atoms with van der Waals surface area (Å²) in [7, 11) is 0. The first-order valence-electron chi connectivity index (χ1n) is 9.88. The number of halogens is 1. The quantitative estimate of drug-likeness (QED) is 0.205. The van der Waals surface area contributed by atoms with E-state index < -0.39 is 17.8 Å². The Balaban J connectivity index is 1.57. The molecule has 162 valence electrons. The predicted octanol–water partition coefficient (Wildman–Crippen LogP) is 4.96. The highest BCUT2D eigenvalue weighted by Crippen LogP contribution is 2.24. The minimum atomic E-state index is -0.749. The van der Waals surface area contributed by atoms with Crippen molar-refractivity contribution in [3.8, 4) is 17.6 Å². The lowest BCUT2D eigenvalue weighted by atomic mass is 10.1. The first-order valence-corrected chi connectivity index (χ1v) is 9.88. The van der Waals surface area contributed by atoms with Crippen LogP contribution in [-0.4, -0.2) is 25.2 Å². The summed E-state index contributed by atoms with van der Waals surface area (Å²) in [6.07, 6.45) is 2.54. The van der Waals surface area contributed by atoms with Gasteiger partial charge in [-0.1, -0.05) is 18.7 Å². The molecule has 0 aliphatic rings. The molecule has 0 fully saturated rings. The van der Waals surface area contributed by atoms with Gasteiger partial charge in [-0.25, -0.2) is 14.0 Å². The minimum Gasteiger partial charge on any atom is -0.494 e. The van der Waals surface area contributed by atoms with E-state index >= 15 is 0 Å². The topological polar surface area (TPSA) is 85.6 Å². The fourth-order valence-electron chi connectivity index (χ4n) is 2.88. The minimum absolute atomic E-state index is 0.0228. The number of hydrogen-bond acceptors (Lipinski definition) is 6. The summed E-state index contributed by atoms with van der Waals surface area (Å²) in [6, 6.07) is 15.9. The maximum atomic E-state index is 13.7. The molecule has 0 atom stereocenters. The van der Waals surface area contributed by atoms with E-state index in [4.69, 9.17) is 19.5 Å². The number of ether oxygens (including phenoxy) is 3. The third-order valence-corrected chi connectivity index (χ3v) is 4.54. The highest BCUT2D eigenvalue weighted by molar-refractivity contribution is 5.96. The standard InChI is InChI=1S/C25H20FNO5/c1-2-24(28)31-12-4-3-11-30-21-9-7-17-13-19(6-5-18(17)14-21)25(29)32-22-10-8-20(16-27)23(26)15-22/h2,5-10,13-15H,1,3-4,11-12H2. The van der Waals surface area contributed by atoms with Gasteiger partial charge >= 0.3 is 11.9 Å². The van der Waals surface area contributed by atoms with Gasteiger partial charge in [0.15, 0.2) is 0 Å². The van der Waals surface area contributed by atoms with Gasteiger partial charge in [0.05, 0.1) is 24.3 Å². The maximum absolute atomic E-state index is 13.7. The van der Waals surface area contributed by atoms with Gasteiger partial charge in [0.2, 0.25) is 0 Å². The summed E-state index contributed by atoms with van der Waals surface area (Å²) in [5, 5.41) is 10.5. The zero-order valence-electron chi connectivity index (χ0n) is 17.2. The van der Waals surface area contributed by atoms with E-state index in [9.17, 15) is 14.0 Å². The molecule has 0 aromatic heterocycles. The van der Waals surface area contributed by atoms with Crippen molar-refractivity contribution in [2.45, 2.75) is 12.8 Å². The number of hydrogen-bond donors (Lipinski definition) is 0. The molecule has 0 aliphatic heterocycles. The van der Waals surface area contributed by atoms with Crippen molar-refractivity contribution in [2.75, 3.05) is 13.2 Å². The van der Waals surface area contributed by atoms with Crippen LogP contribution in [0.5, 0.6) is 11.5 Å². The molecule has 3 aromatic carbocycles. The number of nitriles is 1. The Morgan fingerprint density at radius 1 is 0.969 bits per heavy atom. The fourth-order valence-corrected chi connectivity index (χ4v) is 2.88. The third kappa shape index (κ3) is 5.92. The zero-order valence-corrected chi connectivity index (χ0v) is 17.2. The smallest absolute Gasteiger partial charge is 0.343 e. The van der Waals surface area contributed by atoms with Crippen molar-refractivity contribution in [1.29, 1.82) is 5.26 Å². The van der Waals surface area contributed by atoms with Crippen LogP contribution in [0.2, 0.25) is 0 Å². The van der Waals surface area contributed by atoms with Gasteiger partial charge in [-0.3, -0.25) is 0 Å². The highest BCUT2D eigenvalue weighted by atomic mass is 19.1. The normalized spacial score (nSPS) is 10.2. The number of fused-ring (bicyclic) bond motifs is 1. The Labute approximate surface area is 184 Å². The summed E-state index contributed by atoms with van der Waals surface area (Å²) in [4.78, 5) is 23.4. The predicted molar refractivity (Wildman–Crippen MR) is 116 cm³/mol. The van der Waals surface area contributed by atoms with Crippen LogP contribution < -0.4 is 9.47 Å². The van der Waals surface area contributed by atoms with Gasteiger partial charge < -0.3 is 14.2 Å². The lowest BCUT2D eigenvalue weighted by Gasteiger charge is -2.09. The van der Waals surface area contributed by atoms with Gasteiger partial charge in [0, 0.05) is 12.1 Å². The molecule has 6 nitrogen and oxygen atoms in total. The first kappa shape index (κ1) is 22.5. The molecular formula is C25H20FNO5. The van der Waals surface area contributed by atoms with Crippen molar-refractivity contribution in [3.05, 3.63) is 84.2 Å². The number of carbonyl (C=O) groups is 2. The number of rotatable bonds is 9. The Hall–Kier alpha value is -4.18. The van der Waals surface area contributed by atoms with Crippen molar-refractivity contribution >= 4 is 22.7 Å². The molecule has 0 unspecified atom stereocenters. The van der Waals surface area contributed by atoms with E-state index in [0.29, 0.717) is 30.9 Å². The van der Waals surface area contributed by atoms with Crippen LogP contribution in [0.15, 0.2) is 67.3 Å². The van der Waals surface area contributed by atoms with E-state index in [0.717, 1.165) is 29.3 Å². The second-order valence-corrected chi connectivity index (χ2v) is 6.79. The Morgan fingerprint density at radius 3 is 2.44 bits per heavy atom. The molecule has 3 rings (SSSR count). The SMILES string of the molecule is C=CC(=O)OCCCCOc1ccc2cc(C(=O)Oc3ccc(C#N)c(F)c3)ccc2c1. The molecule has 0 saturated carbocycles. The van der Waals surface area contributed by atoms with Crippen LogP contribution in [0.25, 0.3) is 10.8 Å². The van der Waals surface area contributed by atoms with E-state index in [1.807, 2.05) is 12.1 Å². The van der Waals surface area contributed by atoms with Crippen molar-refractivity contribution in [1.82, 2.24) is 0 Å². The number of unbranched alkanes of at least 4 members (excludes halogenated alkanes) is 1. The number of benzene rings is 3. The third-order valence-electron chi connectivity index (χ3n) is 4.54. The second-order valence-electron chi connectivity index (χ2n) is 6.79. The average Bonchev–Trinajstić information content (AvgIpc) is 2.80. The number of carbonyl (C=O) groups excluding carboxylic acids is 2. The van der Waals surface area contributed by atoms with Gasteiger partial charge in [-0.2, -0.15) is 5.26 Å². The Morgan fingerprint density at radius 2 is 1.69 bits per heavy atom. The van der Waals surface area contributed by atoms with E-state index in [1.54, 1.807) is 30.3 Å². The molecule has 0 heterocycles. The molecule has 32 heavy (non-hydrogen) atoms. The molecule has 0 N–H and O–H groups in total. The summed E-state index contributed by atoms with van der Waals surface area (Å²) in [5.74, 6) is -1.11. The molecule has 3 aromatic rings. The molecule has 7 heteroatoms. The van der Waals surface area contributed by atoms with Crippen molar-refractivity contribution in [3.63, 3.8) is 0 Å². The summed E-state index contributed by atoms with van der Waals surface area (Å²) in [6.45, 7) is 4.13.